The zero-order valence-corrected chi connectivity index (χ0v) is 19.8. The number of carbonyl (C=O) groups excluding carboxylic acids is 2. The van der Waals surface area contributed by atoms with Crippen molar-refractivity contribution in [2.45, 2.75) is 32.6 Å². The van der Waals surface area contributed by atoms with E-state index in [-0.39, 0.29) is 18.6 Å². The maximum absolute atomic E-state index is 12.4. The average Bonchev–Trinajstić information content (AvgIpc) is 3.30. The predicted octanol–water partition coefficient (Wildman–Crippen LogP) is 4.84. The van der Waals surface area contributed by atoms with E-state index in [9.17, 15) is 9.59 Å². The molecule has 0 fully saturated rings. The van der Waals surface area contributed by atoms with Crippen molar-refractivity contribution in [1.29, 1.82) is 0 Å². The molecule has 0 bridgehead atoms. The van der Waals surface area contributed by atoms with Gasteiger partial charge in [0.05, 0.1) is 0 Å². The molecule has 176 valence electrons. The zero-order valence-electron chi connectivity index (χ0n) is 19.8. The Kier molecular flexibility index (Phi) is 7.11. The lowest BCUT2D eigenvalue weighted by molar-refractivity contribution is -0.116. The van der Waals surface area contributed by atoms with Crippen molar-refractivity contribution < 1.29 is 19.1 Å². The van der Waals surface area contributed by atoms with Gasteiger partial charge in [-0.2, -0.15) is 0 Å². The van der Waals surface area contributed by atoms with Gasteiger partial charge in [0, 0.05) is 37.8 Å². The topological polar surface area (TPSA) is 80.8 Å². The number of anilines is 1. The average molecular weight is 460 g/mol. The Bertz CT molecular complexity index is 1210. The summed E-state index contributed by atoms with van der Waals surface area (Å²) >= 11 is 0. The van der Waals surface area contributed by atoms with E-state index < -0.39 is 0 Å². The van der Waals surface area contributed by atoms with Gasteiger partial charge in [-0.3, -0.25) is 9.59 Å². The number of ether oxygens (including phenoxy) is 2. The smallest absolute Gasteiger partial charge is 0.253 e. The molecule has 0 radical (unpaired) electrons. The van der Waals surface area contributed by atoms with Gasteiger partial charge < -0.3 is 19.7 Å². The molecule has 0 spiro atoms. The second kappa shape index (κ2) is 10.4. The third-order valence-electron chi connectivity index (χ3n) is 5.74. The molecule has 4 rings (SSSR count). The highest BCUT2D eigenvalue weighted by atomic mass is 16.7. The number of pyridine rings is 1. The number of nitrogens with zero attached hydrogens (tertiary/aromatic N) is 2. The summed E-state index contributed by atoms with van der Waals surface area (Å²) in [6.45, 7) is 2.19. The lowest BCUT2D eigenvalue weighted by Crippen LogP contribution is -2.21. The Morgan fingerprint density at radius 3 is 2.62 bits per heavy atom. The molecule has 0 atom stereocenters. The second-order valence-electron chi connectivity index (χ2n) is 8.61. The number of hydrogen-bond acceptors (Lipinski definition) is 5. The summed E-state index contributed by atoms with van der Waals surface area (Å²) < 4.78 is 10.7. The summed E-state index contributed by atoms with van der Waals surface area (Å²) in [5, 5.41) is 2.92. The van der Waals surface area contributed by atoms with Crippen molar-refractivity contribution in [2.24, 2.45) is 0 Å². The zero-order chi connectivity index (χ0) is 24.1. The van der Waals surface area contributed by atoms with Crippen LogP contribution in [0.25, 0.3) is 11.1 Å². The van der Waals surface area contributed by atoms with Crippen LogP contribution < -0.4 is 14.8 Å². The van der Waals surface area contributed by atoms with Gasteiger partial charge in [0.2, 0.25) is 12.7 Å². The van der Waals surface area contributed by atoms with Crippen LogP contribution in [0.15, 0.2) is 54.7 Å². The third-order valence-corrected chi connectivity index (χ3v) is 5.74. The van der Waals surface area contributed by atoms with Crippen LogP contribution in [0, 0.1) is 6.92 Å². The number of aromatic nitrogens is 1. The molecular weight excluding hydrogens is 430 g/mol. The number of hydrogen-bond donors (Lipinski definition) is 1. The van der Waals surface area contributed by atoms with E-state index in [4.69, 9.17) is 9.47 Å². The van der Waals surface area contributed by atoms with Crippen molar-refractivity contribution in [3.63, 3.8) is 0 Å². The molecule has 1 N–H and O–H groups in total. The van der Waals surface area contributed by atoms with E-state index in [2.05, 4.69) is 10.3 Å². The van der Waals surface area contributed by atoms with Crippen LogP contribution in [0.5, 0.6) is 11.5 Å². The van der Waals surface area contributed by atoms with Gasteiger partial charge >= 0.3 is 0 Å². The summed E-state index contributed by atoms with van der Waals surface area (Å²) in [5.74, 6) is 2.04. The molecule has 1 aliphatic heterocycles. The molecule has 34 heavy (non-hydrogen) atoms. The number of benzene rings is 2. The van der Waals surface area contributed by atoms with Gasteiger partial charge in [-0.05, 0) is 73.2 Å². The van der Waals surface area contributed by atoms with Gasteiger partial charge in [-0.15, -0.1) is 0 Å². The lowest BCUT2D eigenvalue weighted by Gasteiger charge is -2.12. The van der Waals surface area contributed by atoms with Crippen LogP contribution in [0.4, 0.5) is 5.82 Å². The van der Waals surface area contributed by atoms with Gasteiger partial charge in [-0.25, -0.2) is 4.98 Å². The highest BCUT2D eigenvalue weighted by Crippen LogP contribution is 2.33. The highest BCUT2D eigenvalue weighted by molar-refractivity contribution is 5.95. The van der Waals surface area contributed by atoms with Crippen molar-refractivity contribution in [1.82, 2.24) is 9.88 Å². The Morgan fingerprint density at radius 1 is 1.00 bits per heavy atom. The Morgan fingerprint density at radius 2 is 1.82 bits per heavy atom. The molecule has 0 saturated heterocycles. The molecule has 2 aromatic carbocycles. The molecule has 3 aromatic rings. The van der Waals surface area contributed by atoms with Crippen LogP contribution in [0.3, 0.4) is 0 Å². The van der Waals surface area contributed by atoms with Crippen LogP contribution in [0.1, 0.15) is 40.7 Å². The quantitative estimate of drug-likeness (QED) is 0.488. The number of unbranched alkanes of at least 4 members (excludes halogenated alkanes) is 1. The van der Waals surface area contributed by atoms with Gasteiger partial charge in [-0.1, -0.05) is 18.2 Å². The molecule has 7 nitrogen and oxygen atoms in total. The predicted molar refractivity (Wildman–Crippen MR) is 131 cm³/mol. The van der Waals surface area contributed by atoms with Gasteiger partial charge in [0.25, 0.3) is 5.91 Å². The Balaban J connectivity index is 1.30. The number of fused-ring (bicyclic) bond motifs is 1. The van der Waals surface area contributed by atoms with Crippen LogP contribution in [-0.4, -0.2) is 42.6 Å². The van der Waals surface area contributed by atoms with E-state index in [0.717, 1.165) is 47.5 Å². The molecule has 0 unspecified atom stereocenters. The minimum absolute atomic E-state index is 0.0473. The van der Waals surface area contributed by atoms with Crippen molar-refractivity contribution in [2.75, 3.05) is 26.2 Å². The van der Waals surface area contributed by atoms with E-state index in [1.807, 2.05) is 49.4 Å². The first-order valence-corrected chi connectivity index (χ1v) is 11.4. The molecule has 0 aliphatic carbocycles. The third kappa shape index (κ3) is 5.54. The number of nitrogens with one attached hydrogen (secondary N) is 1. The number of amides is 2. The molecule has 1 aliphatic rings. The highest BCUT2D eigenvalue weighted by Gasteiger charge is 2.14. The fourth-order valence-electron chi connectivity index (χ4n) is 3.86. The van der Waals surface area contributed by atoms with Gasteiger partial charge in [0.1, 0.15) is 5.82 Å². The van der Waals surface area contributed by atoms with Crippen LogP contribution in [0.2, 0.25) is 0 Å². The lowest BCUT2D eigenvalue weighted by atomic mass is 10.0. The normalized spacial score (nSPS) is 11.9. The van der Waals surface area contributed by atoms with E-state index in [1.54, 1.807) is 31.3 Å². The van der Waals surface area contributed by atoms with E-state index in [0.29, 0.717) is 17.8 Å². The Labute approximate surface area is 199 Å². The molecule has 0 saturated carbocycles. The Hall–Kier alpha value is -3.87. The maximum atomic E-state index is 12.4. The summed E-state index contributed by atoms with van der Waals surface area (Å²) in [7, 11) is 3.46. The van der Waals surface area contributed by atoms with Crippen LogP contribution in [-0.2, 0) is 11.2 Å². The van der Waals surface area contributed by atoms with Crippen LogP contribution >= 0.6 is 0 Å². The molecule has 2 heterocycles. The van der Waals surface area contributed by atoms with Crippen molar-refractivity contribution in [3.05, 3.63) is 71.4 Å². The first-order valence-electron chi connectivity index (χ1n) is 11.4. The van der Waals surface area contributed by atoms with E-state index in [1.165, 1.54) is 5.56 Å². The summed E-state index contributed by atoms with van der Waals surface area (Å²) in [4.78, 5) is 30.7. The SMILES string of the molecule is Cc1cc(-c2cccc(C(=O)N(C)C)c2)cnc1NC(=O)CCCCc1ccc2c(c1)OCO2. The molecule has 7 heteroatoms. The second-order valence-corrected chi connectivity index (χ2v) is 8.61. The van der Waals surface area contributed by atoms with Gasteiger partial charge in [0.15, 0.2) is 11.5 Å². The minimum atomic E-state index is -0.0485. The molecular formula is C27H29N3O4. The van der Waals surface area contributed by atoms with E-state index >= 15 is 0 Å². The number of aryl methyl sites for hydroxylation is 2. The number of rotatable bonds is 8. The summed E-state index contributed by atoms with van der Waals surface area (Å²) in [6.07, 6.45) is 4.72. The van der Waals surface area contributed by atoms with Crippen molar-refractivity contribution in [3.8, 4) is 22.6 Å². The fraction of sp³-hybridized carbons (Fsp3) is 0.296. The summed E-state index contributed by atoms with van der Waals surface area (Å²) in [5.41, 5.74) is 4.47. The molecule has 1 aromatic heterocycles. The van der Waals surface area contributed by atoms with Crippen molar-refractivity contribution >= 4 is 17.6 Å². The largest absolute Gasteiger partial charge is 0.454 e. The minimum Gasteiger partial charge on any atom is -0.454 e. The fourth-order valence-corrected chi connectivity index (χ4v) is 3.86. The summed E-state index contributed by atoms with van der Waals surface area (Å²) in [6, 6.07) is 15.4. The standard InChI is InChI=1S/C27H29N3O4/c1-18-13-22(20-8-6-9-21(15-20)27(32)30(2)3)16-28-26(18)29-25(31)10-5-4-7-19-11-12-23-24(14-19)34-17-33-23/h6,8-9,11-16H,4-5,7,10,17H2,1-3H3,(H,28,29,31). The number of carbonyl (C=O) groups is 2. The maximum Gasteiger partial charge on any atom is 0.253 e. The first kappa shape index (κ1) is 23.3. The monoisotopic (exact) mass is 459 g/mol. The first-order chi connectivity index (χ1) is 16.4. The molecule has 2 amide bonds.